The zero-order valence-corrected chi connectivity index (χ0v) is 19.6. The number of anilines is 1. The van der Waals surface area contributed by atoms with E-state index in [-0.39, 0.29) is 61.4 Å². The third kappa shape index (κ3) is 7.03. The van der Waals surface area contributed by atoms with Crippen molar-refractivity contribution in [3.05, 3.63) is 62.0 Å². The normalized spacial score (nSPS) is 10.6. The number of benzene rings is 1. The highest BCUT2D eigenvalue weighted by molar-refractivity contribution is 5.77. The highest BCUT2D eigenvalue weighted by Crippen LogP contribution is 2.15. The summed E-state index contributed by atoms with van der Waals surface area (Å²) in [5.74, 6) is -1.07. The van der Waals surface area contributed by atoms with E-state index >= 15 is 0 Å². The standard InChI is InChI=1S/C23H28FN5O5/c1-15(2)34-22(32)7-9-26-19(30)8-10-27(3)20-12-21(31)28(4)23(33)29(20)14-17-11-18(24)6-5-16(17)13-25/h5-6,11-12,15H,7-10,14H2,1-4H3,(H,26,30). The molecule has 0 aliphatic carbocycles. The number of ether oxygens (including phenoxy) is 1. The second kappa shape index (κ2) is 11.8. The molecule has 0 saturated heterocycles. The summed E-state index contributed by atoms with van der Waals surface area (Å²) in [7, 11) is 2.92. The molecule has 1 N–H and O–H groups in total. The van der Waals surface area contributed by atoms with Crippen molar-refractivity contribution in [3.8, 4) is 6.07 Å². The number of nitrogens with one attached hydrogen (secondary N) is 1. The van der Waals surface area contributed by atoms with Crippen LogP contribution in [0.3, 0.4) is 0 Å². The molecule has 11 heteroatoms. The van der Waals surface area contributed by atoms with E-state index in [1.807, 2.05) is 6.07 Å². The van der Waals surface area contributed by atoms with Gasteiger partial charge in [0, 0.05) is 39.7 Å². The summed E-state index contributed by atoms with van der Waals surface area (Å²) in [5, 5.41) is 12.0. The molecule has 1 aromatic carbocycles. The van der Waals surface area contributed by atoms with Crippen molar-refractivity contribution in [2.24, 2.45) is 7.05 Å². The summed E-state index contributed by atoms with van der Waals surface area (Å²) < 4.78 is 20.9. The van der Waals surface area contributed by atoms with Crippen LogP contribution in [0.2, 0.25) is 0 Å². The van der Waals surface area contributed by atoms with Crippen molar-refractivity contribution in [2.75, 3.05) is 25.0 Å². The van der Waals surface area contributed by atoms with Gasteiger partial charge in [-0.25, -0.2) is 9.18 Å². The van der Waals surface area contributed by atoms with Crippen LogP contribution in [0.15, 0.2) is 33.9 Å². The maximum Gasteiger partial charge on any atom is 0.332 e. The molecule has 1 heterocycles. The van der Waals surface area contributed by atoms with Gasteiger partial charge in [-0.1, -0.05) is 0 Å². The highest BCUT2D eigenvalue weighted by atomic mass is 19.1. The summed E-state index contributed by atoms with van der Waals surface area (Å²) in [6.07, 6.45) is -0.157. The summed E-state index contributed by atoms with van der Waals surface area (Å²) in [4.78, 5) is 50.3. The predicted octanol–water partition coefficient (Wildman–Crippen LogP) is 0.890. The summed E-state index contributed by atoms with van der Waals surface area (Å²) in [6, 6.07) is 6.85. The van der Waals surface area contributed by atoms with Gasteiger partial charge in [0.1, 0.15) is 11.6 Å². The number of hydrogen-bond acceptors (Lipinski definition) is 7. The molecule has 1 amide bonds. The number of hydrogen-bond donors (Lipinski definition) is 1. The predicted molar refractivity (Wildman–Crippen MR) is 123 cm³/mol. The van der Waals surface area contributed by atoms with E-state index in [0.717, 1.165) is 16.7 Å². The fourth-order valence-corrected chi connectivity index (χ4v) is 3.19. The number of nitriles is 1. The van der Waals surface area contributed by atoms with E-state index in [1.54, 1.807) is 25.8 Å². The van der Waals surface area contributed by atoms with Crippen molar-refractivity contribution in [2.45, 2.75) is 39.3 Å². The van der Waals surface area contributed by atoms with Crippen molar-refractivity contribution >= 4 is 17.7 Å². The zero-order chi connectivity index (χ0) is 25.4. The first-order valence-corrected chi connectivity index (χ1v) is 10.7. The van der Waals surface area contributed by atoms with Gasteiger partial charge < -0.3 is 15.0 Å². The Labute approximate surface area is 196 Å². The molecule has 2 rings (SSSR count). The highest BCUT2D eigenvalue weighted by Gasteiger charge is 2.16. The van der Waals surface area contributed by atoms with Crippen LogP contribution in [0.4, 0.5) is 10.2 Å². The number of carbonyl (C=O) groups excluding carboxylic acids is 2. The van der Waals surface area contributed by atoms with Gasteiger partial charge >= 0.3 is 11.7 Å². The maximum absolute atomic E-state index is 13.8. The Bertz CT molecular complexity index is 1210. The largest absolute Gasteiger partial charge is 0.463 e. The monoisotopic (exact) mass is 473 g/mol. The Morgan fingerprint density at radius 3 is 2.59 bits per heavy atom. The number of nitrogens with zero attached hydrogens (tertiary/aromatic N) is 4. The molecule has 0 radical (unpaired) electrons. The number of aromatic nitrogens is 2. The maximum atomic E-state index is 13.8. The van der Waals surface area contributed by atoms with Gasteiger partial charge in [0.25, 0.3) is 5.56 Å². The number of amides is 1. The fourth-order valence-electron chi connectivity index (χ4n) is 3.19. The van der Waals surface area contributed by atoms with Gasteiger partial charge in [0.2, 0.25) is 5.91 Å². The molecule has 34 heavy (non-hydrogen) atoms. The quantitative estimate of drug-likeness (QED) is 0.508. The zero-order valence-electron chi connectivity index (χ0n) is 19.6. The second-order valence-electron chi connectivity index (χ2n) is 7.99. The summed E-state index contributed by atoms with van der Waals surface area (Å²) in [6.45, 7) is 3.61. The summed E-state index contributed by atoms with van der Waals surface area (Å²) in [5.41, 5.74) is -0.707. The molecule has 0 fully saturated rings. The van der Waals surface area contributed by atoms with Crippen molar-refractivity contribution in [1.29, 1.82) is 5.26 Å². The first-order chi connectivity index (χ1) is 16.0. The van der Waals surface area contributed by atoms with Gasteiger partial charge in [-0.15, -0.1) is 0 Å². The van der Waals surface area contributed by atoms with E-state index in [9.17, 15) is 28.8 Å². The van der Waals surface area contributed by atoms with E-state index < -0.39 is 23.0 Å². The van der Waals surface area contributed by atoms with Gasteiger partial charge in [-0.2, -0.15) is 5.26 Å². The Kier molecular flexibility index (Phi) is 9.12. The lowest BCUT2D eigenvalue weighted by Gasteiger charge is -2.24. The lowest BCUT2D eigenvalue weighted by Crippen LogP contribution is -2.41. The molecule has 0 atom stereocenters. The van der Waals surface area contributed by atoms with Crippen LogP contribution in [0, 0.1) is 17.1 Å². The van der Waals surface area contributed by atoms with Crippen LogP contribution in [0.5, 0.6) is 0 Å². The molecule has 10 nitrogen and oxygen atoms in total. The Morgan fingerprint density at radius 1 is 1.24 bits per heavy atom. The van der Waals surface area contributed by atoms with Crippen LogP contribution in [0.25, 0.3) is 0 Å². The van der Waals surface area contributed by atoms with E-state index in [0.29, 0.717) is 0 Å². The number of esters is 1. The SMILES string of the molecule is CC(C)OC(=O)CCNC(=O)CCN(C)c1cc(=O)n(C)c(=O)n1Cc1cc(F)ccc1C#N. The number of carbonyl (C=O) groups is 2. The van der Waals surface area contributed by atoms with Crippen molar-refractivity contribution in [1.82, 2.24) is 14.5 Å². The fraction of sp³-hybridized carbons (Fsp3) is 0.435. The van der Waals surface area contributed by atoms with Crippen molar-refractivity contribution < 1.29 is 18.7 Å². The molecule has 0 aliphatic heterocycles. The average Bonchev–Trinajstić information content (AvgIpc) is 2.77. The number of rotatable bonds is 10. The minimum atomic E-state index is -0.643. The van der Waals surface area contributed by atoms with Crippen LogP contribution < -0.4 is 21.5 Å². The van der Waals surface area contributed by atoms with Gasteiger partial charge in [0.15, 0.2) is 0 Å². The molecule has 0 unspecified atom stereocenters. The second-order valence-corrected chi connectivity index (χ2v) is 7.99. The molecule has 2 aromatic rings. The van der Waals surface area contributed by atoms with Gasteiger partial charge in [-0.05, 0) is 37.6 Å². The molecule has 1 aromatic heterocycles. The van der Waals surface area contributed by atoms with Gasteiger partial charge in [-0.3, -0.25) is 23.5 Å². The molecule has 0 spiro atoms. The summed E-state index contributed by atoms with van der Waals surface area (Å²) >= 11 is 0. The lowest BCUT2D eigenvalue weighted by molar-refractivity contribution is -0.147. The Morgan fingerprint density at radius 2 is 1.94 bits per heavy atom. The Hall–Kier alpha value is -3.94. The first-order valence-electron chi connectivity index (χ1n) is 10.7. The lowest BCUT2D eigenvalue weighted by atomic mass is 10.1. The molecule has 0 saturated carbocycles. The van der Waals surface area contributed by atoms with Crippen LogP contribution in [0.1, 0.15) is 37.8 Å². The smallest absolute Gasteiger partial charge is 0.332 e. The Balaban J connectivity index is 2.16. The van der Waals surface area contributed by atoms with E-state index in [2.05, 4.69) is 5.32 Å². The molecule has 182 valence electrons. The molecular formula is C23H28FN5O5. The third-order valence-electron chi connectivity index (χ3n) is 4.98. The van der Waals surface area contributed by atoms with Crippen molar-refractivity contribution in [3.63, 3.8) is 0 Å². The van der Waals surface area contributed by atoms with Crippen LogP contribution in [-0.4, -0.2) is 47.3 Å². The topological polar surface area (TPSA) is 126 Å². The average molecular weight is 474 g/mol. The van der Waals surface area contributed by atoms with Gasteiger partial charge in [0.05, 0.1) is 30.7 Å². The van der Waals surface area contributed by atoms with Crippen LogP contribution in [-0.2, 0) is 27.9 Å². The molecule has 0 aliphatic rings. The minimum Gasteiger partial charge on any atom is -0.463 e. The van der Waals surface area contributed by atoms with E-state index in [1.165, 1.54) is 23.7 Å². The van der Waals surface area contributed by atoms with Crippen LogP contribution >= 0.6 is 0 Å². The number of halogens is 1. The van der Waals surface area contributed by atoms with E-state index in [4.69, 9.17) is 4.74 Å². The first kappa shape index (κ1) is 26.3. The molecular weight excluding hydrogens is 445 g/mol. The third-order valence-corrected chi connectivity index (χ3v) is 4.98. The molecule has 0 bridgehead atoms. The minimum absolute atomic E-state index is 0.0303.